The van der Waals surface area contributed by atoms with E-state index in [4.69, 9.17) is 11.6 Å². The number of carbonyl (C=O) groups excluding carboxylic acids is 1. The first-order chi connectivity index (χ1) is 16.1. The molecule has 1 aromatic heterocycles. The number of hydrogen-bond donors (Lipinski definition) is 3. The molecule has 34 heavy (non-hydrogen) atoms. The Kier molecular flexibility index (Phi) is 7.59. The van der Waals surface area contributed by atoms with Crippen molar-refractivity contribution in [2.24, 2.45) is 5.92 Å². The fourth-order valence-corrected chi connectivity index (χ4v) is 3.99. The number of rotatable bonds is 7. The summed E-state index contributed by atoms with van der Waals surface area (Å²) in [5.74, 6) is -3.01. The van der Waals surface area contributed by atoms with Gasteiger partial charge in [0, 0.05) is 12.2 Å². The molecule has 2 aromatic rings. The van der Waals surface area contributed by atoms with Gasteiger partial charge in [0.2, 0.25) is 5.91 Å². The van der Waals surface area contributed by atoms with Crippen molar-refractivity contribution in [3.8, 4) is 11.5 Å². The average Bonchev–Trinajstić information content (AvgIpc) is 3.09. The monoisotopic (exact) mass is 499 g/mol. The predicted octanol–water partition coefficient (Wildman–Crippen LogP) is 3.16. The fourth-order valence-electron chi connectivity index (χ4n) is 3.80. The molecule has 1 amide bonds. The first kappa shape index (κ1) is 25.6. The number of nitrogens with one attached hydrogen (secondary N) is 1. The number of aromatic nitrogens is 1. The summed E-state index contributed by atoms with van der Waals surface area (Å²) >= 11 is 5.84. The van der Waals surface area contributed by atoms with Crippen LogP contribution in [0.3, 0.4) is 0 Å². The summed E-state index contributed by atoms with van der Waals surface area (Å²) in [7, 11) is 0. The van der Waals surface area contributed by atoms with Crippen molar-refractivity contribution < 1.29 is 38.1 Å². The number of benzene rings is 1. The van der Waals surface area contributed by atoms with E-state index in [1.165, 1.54) is 30.5 Å². The number of carboxylic acid groups (broad SMARTS) is 1. The Labute approximate surface area is 199 Å². The van der Waals surface area contributed by atoms with Gasteiger partial charge in [-0.05, 0) is 48.7 Å². The highest BCUT2D eigenvalue weighted by Crippen LogP contribution is 2.42. The van der Waals surface area contributed by atoms with Gasteiger partial charge in [0.15, 0.2) is 17.9 Å². The van der Waals surface area contributed by atoms with Gasteiger partial charge in [-0.3, -0.25) is 15.0 Å². The molecule has 1 saturated heterocycles. The zero-order valence-corrected chi connectivity index (χ0v) is 19.3. The number of carbonyl (C=O) groups is 2. The first-order valence-electron chi connectivity index (χ1n) is 10.5. The lowest BCUT2D eigenvalue weighted by atomic mass is 9.82. The van der Waals surface area contributed by atoms with Crippen LogP contribution in [-0.4, -0.2) is 50.7 Å². The standard InChI is InChI=1S/C20H18ClF2N3O6.C2H6/c1-9(11-2-3-13-14(8-11)32-20(22,23)31-13)25-19(30)26-16(18(28)29)12(17(26)27)6-10-4-5-24-15(21)7-10;1-2/h2-5,7-9,12,16,19,25,30H,6H2,1H3,(H,28,29);1-2H3/t9?,12-,16?,19?;/m1./s1. The third-order valence-electron chi connectivity index (χ3n) is 5.34. The zero-order valence-electron chi connectivity index (χ0n) is 18.5. The Hall–Kier alpha value is -3.02. The van der Waals surface area contributed by atoms with E-state index in [-0.39, 0.29) is 23.1 Å². The number of fused-ring (bicyclic) bond motifs is 1. The summed E-state index contributed by atoms with van der Waals surface area (Å²) in [6.07, 6.45) is -3.81. The summed E-state index contributed by atoms with van der Waals surface area (Å²) in [5.41, 5.74) is 1.09. The van der Waals surface area contributed by atoms with Crippen molar-refractivity contribution in [2.75, 3.05) is 0 Å². The van der Waals surface area contributed by atoms with Crippen LogP contribution in [0, 0.1) is 5.92 Å². The number of amides is 1. The van der Waals surface area contributed by atoms with Gasteiger partial charge in [0.1, 0.15) is 11.2 Å². The lowest BCUT2D eigenvalue weighted by molar-refractivity contribution is -0.286. The van der Waals surface area contributed by atoms with Crippen molar-refractivity contribution in [3.05, 3.63) is 52.8 Å². The molecule has 184 valence electrons. The molecule has 1 fully saturated rings. The minimum Gasteiger partial charge on any atom is -0.480 e. The topological polar surface area (TPSA) is 121 Å². The second kappa shape index (κ2) is 10.1. The molecule has 0 spiro atoms. The minimum atomic E-state index is -3.76. The fraction of sp³-hybridized carbons (Fsp3) is 0.409. The van der Waals surface area contributed by atoms with Crippen LogP contribution in [0.2, 0.25) is 5.15 Å². The third kappa shape index (κ3) is 5.21. The molecule has 4 atom stereocenters. The number of nitrogens with zero attached hydrogens (tertiary/aromatic N) is 2. The van der Waals surface area contributed by atoms with Crippen LogP contribution >= 0.6 is 11.6 Å². The van der Waals surface area contributed by atoms with Crippen LogP contribution in [0.5, 0.6) is 11.5 Å². The molecule has 3 N–H and O–H groups in total. The van der Waals surface area contributed by atoms with E-state index < -0.39 is 42.5 Å². The Balaban J connectivity index is 0.00000158. The van der Waals surface area contributed by atoms with Gasteiger partial charge in [0.25, 0.3) is 0 Å². The summed E-state index contributed by atoms with van der Waals surface area (Å²) in [6, 6.07) is 5.34. The number of β-lactam (4-membered cyclic amide) rings is 1. The van der Waals surface area contributed by atoms with Crippen LogP contribution in [-0.2, 0) is 16.0 Å². The number of ether oxygens (including phenoxy) is 2. The Morgan fingerprint density at radius 1 is 1.26 bits per heavy atom. The molecular weight excluding hydrogens is 476 g/mol. The van der Waals surface area contributed by atoms with Gasteiger partial charge in [-0.25, -0.2) is 9.78 Å². The van der Waals surface area contributed by atoms with Crippen molar-refractivity contribution in [1.29, 1.82) is 0 Å². The van der Waals surface area contributed by atoms with Crippen LogP contribution in [0.25, 0.3) is 0 Å². The number of aliphatic hydroxyl groups is 1. The van der Waals surface area contributed by atoms with Crippen molar-refractivity contribution in [3.63, 3.8) is 0 Å². The quantitative estimate of drug-likeness (QED) is 0.302. The number of pyridine rings is 1. The Morgan fingerprint density at radius 2 is 1.94 bits per heavy atom. The van der Waals surface area contributed by atoms with Gasteiger partial charge in [-0.15, -0.1) is 8.78 Å². The number of likely N-dealkylation sites (tertiary alicyclic amines) is 1. The highest BCUT2D eigenvalue weighted by molar-refractivity contribution is 6.29. The highest BCUT2D eigenvalue weighted by atomic mass is 35.5. The molecule has 3 unspecified atom stereocenters. The van der Waals surface area contributed by atoms with E-state index in [0.717, 1.165) is 4.90 Å². The van der Waals surface area contributed by atoms with E-state index >= 15 is 0 Å². The molecule has 2 aliphatic heterocycles. The summed E-state index contributed by atoms with van der Waals surface area (Å²) in [4.78, 5) is 29.1. The van der Waals surface area contributed by atoms with E-state index in [0.29, 0.717) is 11.1 Å². The minimum absolute atomic E-state index is 0.118. The second-order valence-electron chi connectivity index (χ2n) is 7.46. The smallest absolute Gasteiger partial charge is 0.480 e. The number of aliphatic carboxylic acids is 1. The molecular formula is C22H24ClF2N3O6. The van der Waals surface area contributed by atoms with Crippen molar-refractivity contribution in [1.82, 2.24) is 15.2 Å². The average molecular weight is 500 g/mol. The van der Waals surface area contributed by atoms with Crippen LogP contribution in [0.4, 0.5) is 8.78 Å². The lowest BCUT2D eigenvalue weighted by Crippen LogP contribution is -2.70. The summed E-state index contributed by atoms with van der Waals surface area (Å²) < 4.78 is 35.2. The molecule has 4 rings (SSSR count). The molecule has 2 aliphatic rings. The summed E-state index contributed by atoms with van der Waals surface area (Å²) in [6.45, 7) is 5.61. The second-order valence-corrected chi connectivity index (χ2v) is 7.85. The first-order valence-corrected chi connectivity index (χ1v) is 10.9. The molecule has 12 heteroatoms. The van der Waals surface area contributed by atoms with Gasteiger partial charge in [0.05, 0.1) is 5.92 Å². The van der Waals surface area contributed by atoms with Crippen LogP contribution < -0.4 is 14.8 Å². The summed E-state index contributed by atoms with van der Waals surface area (Å²) in [5, 5.41) is 23.0. The van der Waals surface area contributed by atoms with Crippen molar-refractivity contribution >= 4 is 23.5 Å². The highest BCUT2D eigenvalue weighted by Gasteiger charge is 2.54. The molecule has 1 aromatic carbocycles. The molecule has 0 bridgehead atoms. The lowest BCUT2D eigenvalue weighted by Gasteiger charge is -2.47. The molecule has 0 saturated carbocycles. The third-order valence-corrected chi connectivity index (χ3v) is 5.55. The van der Waals surface area contributed by atoms with Gasteiger partial charge in [-0.2, -0.15) is 0 Å². The van der Waals surface area contributed by atoms with Crippen molar-refractivity contribution in [2.45, 2.75) is 51.9 Å². The van der Waals surface area contributed by atoms with Crippen LogP contribution in [0.15, 0.2) is 36.5 Å². The van der Waals surface area contributed by atoms with Gasteiger partial charge in [-0.1, -0.05) is 31.5 Å². The normalized spacial score (nSPS) is 21.7. The van der Waals surface area contributed by atoms with E-state index in [2.05, 4.69) is 19.8 Å². The zero-order chi connectivity index (χ0) is 25.2. The number of hydrogen-bond acceptors (Lipinski definition) is 7. The maximum atomic E-state index is 13.2. The number of aliphatic hydroxyl groups excluding tert-OH is 1. The molecule has 3 heterocycles. The van der Waals surface area contributed by atoms with Gasteiger partial charge >= 0.3 is 12.3 Å². The van der Waals surface area contributed by atoms with E-state index in [9.17, 15) is 28.6 Å². The van der Waals surface area contributed by atoms with Crippen LogP contribution in [0.1, 0.15) is 37.9 Å². The van der Waals surface area contributed by atoms with Gasteiger partial charge < -0.3 is 19.7 Å². The molecule has 0 aliphatic carbocycles. The Bertz CT molecular complexity index is 1070. The SMILES string of the molecule is CC.CC(NC(O)N1C(=O)[C@H](Cc2ccnc(Cl)c2)C1C(=O)O)c1ccc2c(c1)OC(F)(F)O2. The molecule has 9 nitrogen and oxygen atoms in total. The maximum Gasteiger partial charge on any atom is 0.586 e. The Morgan fingerprint density at radius 3 is 2.59 bits per heavy atom. The maximum absolute atomic E-state index is 13.2. The number of halogens is 3. The van der Waals surface area contributed by atoms with E-state index in [1.54, 1.807) is 13.0 Å². The molecule has 0 radical (unpaired) electrons. The largest absolute Gasteiger partial charge is 0.586 e. The predicted molar refractivity (Wildman–Crippen MR) is 116 cm³/mol. The number of alkyl halides is 2. The number of carboxylic acids is 1. The van der Waals surface area contributed by atoms with E-state index in [1.807, 2.05) is 13.8 Å².